The highest BCUT2D eigenvalue weighted by Gasteiger charge is 2.29. The lowest BCUT2D eigenvalue weighted by atomic mass is 9.95. The number of fused-ring (bicyclic) bond motifs is 1. The first kappa shape index (κ1) is 29.7. The van der Waals surface area contributed by atoms with E-state index in [1.807, 2.05) is 48.0 Å². The first-order valence-corrected chi connectivity index (χ1v) is 15.0. The Morgan fingerprint density at radius 1 is 1.14 bits per heavy atom. The van der Waals surface area contributed by atoms with Gasteiger partial charge in [-0.1, -0.05) is 0 Å². The van der Waals surface area contributed by atoms with E-state index in [-0.39, 0.29) is 24.3 Å². The highest BCUT2D eigenvalue weighted by atomic mass is 19.1. The molecule has 0 radical (unpaired) electrons. The van der Waals surface area contributed by atoms with Crippen LogP contribution < -0.4 is 0 Å². The molecule has 0 N–H and O–H groups in total. The molecule has 2 aliphatic rings. The number of pyridine rings is 1. The quantitative estimate of drug-likeness (QED) is 0.381. The number of benzene rings is 1. The number of likely N-dealkylation sites (tertiary alicyclic amines) is 2. The molecule has 2 fully saturated rings. The maximum atomic E-state index is 14.3. The van der Waals surface area contributed by atoms with Gasteiger partial charge in [0.2, 0.25) is 5.91 Å². The molecule has 1 aromatic carbocycles. The minimum Gasteiger partial charge on any atom is -0.342 e. The molecule has 0 bridgehead atoms. The number of amides is 2. The molecule has 0 spiro atoms. The van der Waals surface area contributed by atoms with Crippen molar-refractivity contribution >= 4 is 22.7 Å². The molecular formula is C33H41FN6O2. The molecule has 2 aliphatic heterocycles. The van der Waals surface area contributed by atoms with Crippen molar-refractivity contribution in [1.82, 2.24) is 24.3 Å². The van der Waals surface area contributed by atoms with Crippen molar-refractivity contribution in [3.8, 4) is 11.8 Å². The van der Waals surface area contributed by atoms with Gasteiger partial charge in [0.15, 0.2) is 0 Å². The summed E-state index contributed by atoms with van der Waals surface area (Å²) in [5.41, 5.74) is 4.22. The van der Waals surface area contributed by atoms with Gasteiger partial charge >= 0.3 is 0 Å². The number of aromatic nitrogens is 2. The molecule has 2 saturated heterocycles. The number of rotatable bonds is 8. The van der Waals surface area contributed by atoms with Gasteiger partial charge < -0.3 is 19.3 Å². The zero-order chi connectivity index (χ0) is 30.0. The average molecular weight is 573 g/mol. The number of nitriles is 1. The van der Waals surface area contributed by atoms with Gasteiger partial charge in [0.1, 0.15) is 12.2 Å². The summed E-state index contributed by atoms with van der Waals surface area (Å²) < 4.78 is 16.3. The van der Waals surface area contributed by atoms with Crippen molar-refractivity contribution in [1.29, 1.82) is 5.26 Å². The van der Waals surface area contributed by atoms with Crippen LogP contribution in [0.25, 0.3) is 16.6 Å². The summed E-state index contributed by atoms with van der Waals surface area (Å²) in [7, 11) is 1.74. The largest absolute Gasteiger partial charge is 0.342 e. The highest BCUT2D eigenvalue weighted by molar-refractivity contribution is 5.99. The number of carbonyl (C=O) groups is 2. The summed E-state index contributed by atoms with van der Waals surface area (Å²) >= 11 is 0. The number of halogens is 1. The van der Waals surface area contributed by atoms with Crippen molar-refractivity contribution in [2.24, 2.45) is 11.8 Å². The Morgan fingerprint density at radius 3 is 2.60 bits per heavy atom. The maximum Gasteiger partial charge on any atom is 0.256 e. The summed E-state index contributed by atoms with van der Waals surface area (Å²) in [6.45, 7) is 10.6. The van der Waals surface area contributed by atoms with Crippen LogP contribution >= 0.6 is 0 Å². The number of hydrogen-bond acceptors (Lipinski definition) is 5. The molecule has 1 unspecified atom stereocenters. The van der Waals surface area contributed by atoms with Crippen LogP contribution in [0.2, 0.25) is 0 Å². The van der Waals surface area contributed by atoms with Crippen molar-refractivity contribution in [3.05, 3.63) is 59.3 Å². The molecule has 5 rings (SSSR count). The Kier molecular flexibility index (Phi) is 8.93. The Morgan fingerprint density at radius 2 is 1.88 bits per heavy atom. The fraction of sp³-hybridized carbons (Fsp3) is 0.515. The van der Waals surface area contributed by atoms with E-state index >= 15 is 0 Å². The molecule has 2 amide bonds. The minimum atomic E-state index is -0.435. The summed E-state index contributed by atoms with van der Waals surface area (Å²) in [4.78, 5) is 36.0. The smallest absolute Gasteiger partial charge is 0.256 e. The standard InChI is InChI=1S/C33H41FN6O2/c1-22(2)37(4)33(42)28-16-27(34)5-6-29(28)40-19-23(3)32-26(17-36-18-30(32)40)15-25-8-12-38(21-25)20-24-9-13-39(14-10-24)31(41)7-11-35/h5-6,16-19,22,24-25H,7-10,12-15,20-21H2,1-4H3. The van der Waals surface area contributed by atoms with E-state index < -0.39 is 5.82 Å². The zero-order valence-electron chi connectivity index (χ0n) is 25.1. The highest BCUT2D eigenvalue weighted by Crippen LogP contribution is 2.32. The lowest BCUT2D eigenvalue weighted by molar-refractivity contribution is -0.131. The second kappa shape index (κ2) is 12.6. The molecule has 1 atom stereocenters. The Balaban J connectivity index is 1.30. The SMILES string of the molecule is Cc1cn(-c2ccc(F)cc2C(=O)N(C)C(C)C)c2cncc(CC3CCN(CC4CCN(C(=O)CC#N)CC4)C3)c12. The van der Waals surface area contributed by atoms with Gasteiger partial charge in [-0.15, -0.1) is 0 Å². The third kappa shape index (κ3) is 6.19. The Hall–Kier alpha value is -3.77. The molecule has 9 heteroatoms. The van der Waals surface area contributed by atoms with Gasteiger partial charge in [-0.3, -0.25) is 14.6 Å². The number of aryl methyl sites for hydroxylation is 1. The first-order valence-electron chi connectivity index (χ1n) is 15.0. The topological polar surface area (TPSA) is 85.5 Å². The lowest BCUT2D eigenvalue weighted by Crippen LogP contribution is -2.41. The van der Waals surface area contributed by atoms with Crippen molar-refractivity contribution < 1.29 is 14.0 Å². The van der Waals surface area contributed by atoms with Gasteiger partial charge in [-0.2, -0.15) is 5.26 Å². The van der Waals surface area contributed by atoms with Crippen molar-refractivity contribution in [2.45, 2.75) is 58.9 Å². The predicted octanol–water partition coefficient (Wildman–Crippen LogP) is 4.97. The normalized spacial score (nSPS) is 18.1. The third-order valence-corrected chi connectivity index (χ3v) is 9.12. The van der Waals surface area contributed by atoms with Crippen LogP contribution in [0.1, 0.15) is 61.0 Å². The van der Waals surface area contributed by atoms with Crippen LogP contribution in [0.5, 0.6) is 0 Å². The number of carbonyl (C=O) groups excluding carboxylic acids is 2. The van der Waals surface area contributed by atoms with Crippen molar-refractivity contribution in [3.63, 3.8) is 0 Å². The maximum absolute atomic E-state index is 14.3. The van der Waals surface area contributed by atoms with Crippen LogP contribution in [-0.2, 0) is 11.2 Å². The van der Waals surface area contributed by atoms with Gasteiger partial charge in [-0.05, 0) is 94.2 Å². The van der Waals surface area contributed by atoms with Crippen molar-refractivity contribution in [2.75, 3.05) is 39.8 Å². The number of nitrogens with zero attached hydrogens (tertiary/aromatic N) is 6. The molecule has 4 heterocycles. The van der Waals surface area contributed by atoms with E-state index in [0.717, 1.165) is 74.9 Å². The summed E-state index contributed by atoms with van der Waals surface area (Å²) in [5.74, 6) is 0.414. The van der Waals surface area contributed by atoms with E-state index in [9.17, 15) is 14.0 Å². The zero-order valence-corrected chi connectivity index (χ0v) is 25.1. The monoisotopic (exact) mass is 572 g/mol. The number of piperidine rings is 1. The molecule has 0 aliphatic carbocycles. The fourth-order valence-corrected chi connectivity index (χ4v) is 6.59. The lowest BCUT2D eigenvalue weighted by Gasteiger charge is -2.33. The second-order valence-corrected chi connectivity index (χ2v) is 12.3. The summed E-state index contributed by atoms with van der Waals surface area (Å²) in [5, 5.41) is 9.96. The predicted molar refractivity (Wildman–Crippen MR) is 161 cm³/mol. The fourth-order valence-electron chi connectivity index (χ4n) is 6.59. The van der Waals surface area contributed by atoms with E-state index in [0.29, 0.717) is 23.1 Å². The number of hydrogen-bond donors (Lipinski definition) is 0. The summed E-state index contributed by atoms with van der Waals surface area (Å²) in [6.07, 6.45) is 9.87. The molecule has 3 aromatic rings. The van der Waals surface area contributed by atoms with Crippen LogP contribution in [0, 0.1) is 35.9 Å². The van der Waals surface area contributed by atoms with E-state index in [1.54, 1.807) is 18.0 Å². The molecule has 8 nitrogen and oxygen atoms in total. The minimum absolute atomic E-state index is 0.0116. The van der Waals surface area contributed by atoms with Crippen LogP contribution in [0.15, 0.2) is 36.8 Å². The second-order valence-electron chi connectivity index (χ2n) is 12.3. The van der Waals surface area contributed by atoms with Crippen LogP contribution in [0.3, 0.4) is 0 Å². The van der Waals surface area contributed by atoms with E-state index in [4.69, 9.17) is 5.26 Å². The molecular weight excluding hydrogens is 531 g/mol. The first-order chi connectivity index (χ1) is 20.2. The van der Waals surface area contributed by atoms with Gasteiger partial charge in [-0.25, -0.2) is 4.39 Å². The average Bonchev–Trinajstić information content (AvgIpc) is 3.56. The van der Waals surface area contributed by atoms with Gasteiger partial charge in [0.25, 0.3) is 5.91 Å². The summed E-state index contributed by atoms with van der Waals surface area (Å²) in [6, 6.07) is 6.37. The Bertz CT molecular complexity index is 1500. The van der Waals surface area contributed by atoms with Gasteiger partial charge in [0.05, 0.1) is 29.0 Å². The Labute approximate surface area is 247 Å². The molecule has 2 aromatic heterocycles. The van der Waals surface area contributed by atoms with E-state index in [1.165, 1.54) is 17.7 Å². The third-order valence-electron chi connectivity index (χ3n) is 9.12. The molecule has 0 saturated carbocycles. The van der Waals surface area contributed by atoms with Crippen LogP contribution in [0.4, 0.5) is 4.39 Å². The van der Waals surface area contributed by atoms with E-state index in [2.05, 4.69) is 16.8 Å². The molecule has 42 heavy (non-hydrogen) atoms. The molecule has 222 valence electrons. The van der Waals surface area contributed by atoms with Gasteiger partial charge in [0, 0.05) is 57.0 Å². The van der Waals surface area contributed by atoms with Crippen LogP contribution in [-0.4, -0.2) is 81.9 Å².